The molecule has 0 saturated heterocycles. The van der Waals surface area contributed by atoms with E-state index in [-0.39, 0.29) is 12.1 Å². The Morgan fingerprint density at radius 2 is 2.20 bits per heavy atom. The Labute approximate surface area is 122 Å². The van der Waals surface area contributed by atoms with Crippen molar-refractivity contribution < 1.29 is 4.79 Å². The van der Waals surface area contributed by atoms with Crippen molar-refractivity contribution in [1.82, 2.24) is 20.1 Å². The van der Waals surface area contributed by atoms with Gasteiger partial charge in [-0.25, -0.2) is 9.78 Å². The summed E-state index contributed by atoms with van der Waals surface area (Å²) in [6.07, 6.45) is 1.84. The Morgan fingerprint density at radius 1 is 1.45 bits per heavy atom. The first-order valence-corrected chi connectivity index (χ1v) is 7.30. The maximum atomic E-state index is 11.8. The molecule has 0 aliphatic carbocycles. The first kappa shape index (κ1) is 14.5. The number of nitrogens with zero attached hydrogens (tertiary/aromatic N) is 3. The molecule has 108 valence electrons. The van der Waals surface area contributed by atoms with E-state index in [2.05, 4.69) is 20.7 Å². The molecule has 0 aliphatic heterocycles. The van der Waals surface area contributed by atoms with Gasteiger partial charge in [0.05, 0.1) is 12.2 Å². The van der Waals surface area contributed by atoms with Crippen LogP contribution in [0.15, 0.2) is 12.3 Å². The predicted molar refractivity (Wildman–Crippen MR) is 80.1 cm³/mol. The van der Waals surface area contributed by atoms with Crippen LogP contribution in [0.25, 0.3) is 0 Å². The van der Waals surface area contributed by atoms with Gasteiger partial charge in [-0.1, -0.05) is 0 Å². The minimum atomic E-state index is -0.274. The van der Waals surface area contributed by atoms with E-state index in [1.165, 1.54) is 4.88 Å². The van der Waals surface area contributed by atoms with Gasteiger partial charge in [-0.15, -0.1) is 11.3 Å². The molecule has 0 unspecified atom stereocenters. The Bertz CT molecular complexity index is 582. The van der Waals surface area contributed by atoms with Crippen LogP contribution in [0.3, 0.4) is 0 Å². The summed E-state index contributed by atoms with van der Waals surface area (Å²) in [5.74, 6) is 0.544. The van der Waals surface area contributed by atoms with E-state index in [0.717, 1.165) is 10.7 Å². The summed E-state index contributed by atoms with van der Waals surface area (Å²) in [7, 11) is 0. The molecule has 6 nitrogen and oxygen atoms in total. The summed E-state index contributed by atoms with van der Waals surface area (Å²) >= 11 is 1.60. The van der Waals surface area contributed by atoms with Gasteiger partial charge in [0, 0.05) is 23.2 Å². The van der Waals surface area contributed by atoms with E-state index >= 15 is 0 Å². The third-order valence-electron chi connectivity index (χ3n) is 2.85. The number of hydrogen-bond acceptors (Lipinski definition) is 4. The van der Waals surface area contributed by atoms with Crippen molar-refractivity contribution >= 4 is 23.2 Å². The highest BCUT2D eigenvalue weighted by Gasteiger charge is 2.08. The molecule has 7 heteroatoms. The normalized spacial score (nSPS) is 10.8. The lowest BCUT2D eigenvalue weighted by Crippen LogP contribution is -2.28. The second kappa shape index (κ2) is 6.04. The second-order valence-electron chi connectivity index (χ2n) is 4.83. The number of urea groups is 1. The van der Waals surface area contributed by atoms with E-state index in [4.69, 9.17) is 0 Å². The van der Waals surface area contributed by atoms with Gasteiger partial charge in [0.25, 0.3) is 0 Å². The topological polar surface area (TPSA) is 71.8 Å². The highest BCUT2D eigenvalue weighted by atomic mass is 32.1. The molecule has 2 N–H and O–H groups in total. The largest absolute Gasteiger partial charge is 0.331 e. The first-order chi connectivity index (χ1) is 9.45. The predicted octanol–water partition coefficient (Wildman–Crippen LogP) is 2.86. The molecule has 0 atom stereocenters. The number of hydrogen-bond donors (Lipinski definition) is 2. The maximum Gasteiger partial charge on any atom is 0.320 e. The molecule has 2 aromatic heterocycles. The summed E-state index contributed by atoms with van der Waals surface area (Å²) in [5.41, 5.74) is 1.02. The Kier molecular flexibility index (Phi) is 4.39. The van der Waals surface area contributed by atoms with Gasteiger partial charge in [-0.3, -0.25) is 10.00 Å². The highest BCUT2D eigenvalue weighted by Crippen LogP contribution is 2.16. The Hall–Kier alpha value is -1.89. The zero-order valence-electron chi connectivity index (χ0n) is 12.1. The number of amides is 2. The van der Waals surface area contributed by atoms with Gasteiger partial charge in [0.2, 0.25) is 0 Å². The lowest BCUT2D eigenvalue weighted by atomic mass is 10.4. The van der Waals surface area contributed by atoms with Gasteiger partial charge in [-0.2, -0.15) is 5.10 Å². The SMILES string of the molecule is Cc1nc(CNC(=O)Nc2ccn(C(C)C)n2)sc1C. The quantitative estimate of drug-likeness (QED) is 0.910. The molecule has 2 heterocycles. The van der Waals surface area contributed by atoms with E-state index < -0.39 is 0 Å². The molecule has 20 heavy (non-hydrogen) atoms. The molecular weight excluding hydrogens is 274 g/mol. The fourth-order valence-electron chi connectivity index (χ4n) is 1.62. The van der Waals surface area contributed by atoms with Crippen molar-refractivity contribution in [3.63, 3.8) is 0 Å². The summed E-state index contributed by atoms with van der Waals surface area (Å²) in [5, 5.41) is 10.6. The van der Waals surface area contributed by atoms with Crippen LogP contribution in [-0.4, -0.2) is 20.8 Å². The van der Waals surface area contributed by atoms with Crippen LogP contribution in [-0.2, 0) is 6.54 Å². The van der Waals surface area contributed by atoms with Crippen LogP contribution in [0, 0.1) is 13.8 Å². The third kappa shape index (κ3) is 3.57. The van der Waals surface area contributed by atoms with Crippen molar-refractivity contribution in [3.05, 3.63) is 27.8 Å². The van der Waals surface area contributed by atoms with E-state index in [1.54, 1.807) is 22.1 Å². The summed E-state index contributed by atoms with van der Waals surface area (Å²) in [4.78, 5) is 17.3. The molecule has 0 fully saturated rings. The van der Waals surface area contributed by atoms with Crippen LogP contribution < -0.4 is 10.6 Å². The number of aromatic nitrogens is 3. The standard InChI is InChI=1S/C13H19N5OS/c1-8(2)18-6-5-11(17-18)16-13(19)14-7-12-15-9(3)10(4)20-12/h5-6,8H,7H2,1-4H3,(H2,14,16,17,19). The number of thiazole rings is 1. The minimum Gasteiger partial charge on any atom is -0.331 e. The number of aryl methyl sites for hydroxylation is 2. The molecule has 2 aromatic rings. The molecule has 0 bridgehead atoms. The average molecular weight is 293 g/mol. The van der Waals surface area contributed by atoms with Crippen molar-refractivity contribution in [2.45, 2.75) is 40.3 Å². The fourth-order valence-corrected chi connectivity index (χ4v) is 2.50. The molecule has 0 spiro atoms. The smallest absolute Gasteiger partial charge is 0.320 e. The Morgan fingerprint density at radius 3 is 2.75 bits per heavy atom. The van der Waals surface area contributed by atoms with Crippen molar-refractivity contribution in [2.75, 3.05) is 5.32 Å². The Balaban J connectivity index is 1.85. The van der Waals surface area contributed by atoms with Gasteiger partial charge >= 0.3 is 6.03 Å². The summed E-state index contributed by atoms with van der Waals surface area (Å²) < 4.78 is 1.79. The van der Waals surface area contributed by atoms with Crippen molar-refractivity contribution in [3.8, 4) is 0 Å². The zero-order chi connectivity index (χ0) is 14.7. The number of rotatable bonds is 4. The highest BCUT2D eigenvalue weighted by molar-refractivity contribution is 7.11. The van der Waals surface area contributed by atoms with Crippen molar-refractivity contribution in [1.29, 1.82) is 0 Å². The van der Waals surface area contributed by atoms with E-state index in [0.29, 0.717) is 12.4 Å². The van der Waals surface area contributed by atoms with E-state index in [1.807, 2.05) is 33.9 Å². The molecule has 0 aromatic carbocycles. The van der Waals surface area contributed by atoms with Gasteiger partial charge in [0.1, 0.15) is 5.01 Å². The van der Waals surface area contributed by atoms with Gasteiger partial charge < -0.3 is 5.32 Å². The van der Waals surface area contributed by atoms with E-state index in [9.17, 15) is 4.79 Å². The van der Waals surface area contributed by atoms with Gasteiger partial charge in [0.15, 0.2) is 5.82 Å². The van der Waals surface area contributed by atoms with Crippen LogP contribution in [0.5, 0.6) is 0 Å². The first-order valence-electron chi connectivity index (χ1n) is 6.48. The minimum absolute atomic E-state index is 0.273. The second-order valence-corrected chi connectivity index (χ2v) is 6.12. The molecule has 0 aliphatic rings. The number of carbonyl (C=O) groups is 1. The summed E-state index contributed by atoms with van der Waals surface area (Å²) in [6, 6.07) is 1.77. The lowest BCUT2D eigenvalue weighted by molar-refractivity contribution is 0.251. The number of anilines is 1. The lowest BCUT2D eigenvalue weighted by Gasteiger charge is -2.05. The molecule has 2 rings (SSSR count). The molecular formula is C13H19N5OS. The molecule has 0 saturated carbocycles. The van der Waals surface area contributed by atoms with Crippen LogP contribution in [0.1, 0.15) is 35.5 Å². The van der Waals surface area contributed by atoms with Gasteiger partial charge in [-0.05, 0) is 27.7 Å². The van der Waals surface area contributed by atoms with Crippen molar-refractivity contribution in [2.24, 2.45) is 0 Å². The number of carbonyl (C=O) groups excluding carboxylic acids is 1. The zero-order valence-corrected chi connectivity index (χ0v) is 12.9. The van der Waals surface area contributed by atoms with Crippen LogP contribution >= 0.6 is 11.3 Å². The summed E-state index contributed by atoms with van der Waals surface area (Å²) in [6.45, 7) is 8.48. The fraction of sp³-hybridized carbons (Fsp3) is 0.462. The van der Waals surface area contributed by atoms with Crippen LogP contribution in [0.2, 0.25) is 0 Å². The third-order valence-corrected chi connectivity index (χ3v) is 3.92. The average Bonchev–Trinajstić information content (AvgIpc) is 2.95. The molecule has 2 amide bonds. The maximum absolute atomic E-state index is 11.8. The monoisotopic (exact) mass is 293 g/mol. The van der Waals surface area contributed by atoms with Crippen LogP contribution in [0.4, 0.5) is 10.6 Å². The molecule has 0 radical (unpaired) electrons. The number of nitrogens with one attached hydrogen (secondary N) is 2.